The number of nitrogen functional groups attached to an aromatic ring is 1. The third-order valence-electron chi connectivity index (χ3n) is 4.71. The number of benzene rings is 2. The lowest BCUT2D eigenvalue weighted by Crippen LogP contribution is -2.38. The Morgan fingerprint density at radius 1 is 1.15 bits per heavy atom. The molecule has 3 rings (SSSR count). The van der Waals surface area contributed by atoms with Crippen molar-refractivity contribution in [3.63, 3.8) is 0 Å². The van der Waals surface area contributed by atoms with E-state index in [1.165, 1.54) is 24.8 Å². The fourth-order valence-electron chi connectivity index (χ4n) is 3.44. The van der Waals surface area contributed by atoms with E-state index in [4.69, 9.17) is 10.5 Å². The Balaban J connectivity index is 1.82. The molecular formula is C20H21F3N2O2. The normalized spacial score (nSPS) is 15.9. The molecule has 0 aliphatic carbocycles. The number of hydrogen-bond donors (Lipinski definition) is 1. The van der Waals surface area contributed by atoms with E-state index in [1.807, 2.05) is 30.3 Å². The molecule has 27 heavy (non-hydrogen) atoms. The summed E-state index contributed by atoms with van der Waals surface area (Å²) in [6.07, 6.45) is -4.59. The predicted octanol–water partition coefficient (Wildman–Crippen LogP) is 4.13. The van der Waals surface area contributed by atoms with Gasteiger partial charge in [-0.1, -0.05) is 30.3 Å². The van der Waals surface area contributed by atoms with Gasteiger partial charge < -0.3 is 15.4 Å². The molecule has 2 aromatic rings. The monoisotopic (exact) mass is 378 g/mol. The first-order valence-electron chi connectivity index (χ1n) is 8.57. The van der Waals surface area contributed by atoms with Gasteiger partial charge in [0.1, 0.15) is 0 Å². The summed E-state index contributed by atoms with van der Waals surface area (Å²) in [7, 11) is 0. The Kier molecular flexibility index (Phi) is 4.90. The molecule has 0 saturated heterocycles. The third-order valence-corrected chi connectivity index (χ3v) is 4.71. The number of amides is 1. The third kappa shape index (κ3) is 3.64. The second-order valence-corrected chi connectivity index (χ2v) is 7.08. The molecule has 1 heterocycles. The van der Waals surface area contributed by atoms with Crippen molar-refractivity contribution in [3.8, 4) is 0 Å². The first-order chi connectivity index (χ1) is 12.6. The van der Waals surface area contributed by atoms with E-state index in [2.05, 4.69) is 0 Å². The molecule has 1 aliphatic heterocycles. The van der Waals surface area contributed by atoms with Crippen molar-refractivity contribution in [2.75, 3.05) is 23.8 Å². The summed E-state index contributed by atoms with van der Waals surface area (Å²) < 4.78 is 46.1. The summed E-state index contributed by atoms with van der Waals surface area (Å²) in [5, 5.41) is 0. The maximum Gasteiger partial charge on any atom is 0.416 e. The van der Waals surface area contributed by atoms with Gasteiger partial charge in [-0.3, -0.25) is 4.79 Å². The molecule has 0 radical (unpaired) electrons. The van der Waals surface area contributed by atoms with Gasteiger partial charge in [-0.15, -0.1) is 0 Å². The summed E-state index contributed by atoms with van der Waals surface area (Å²) in [5.74, 6) is -0.392. The van der Waals surface area contributed by atoms with Crippen LogP contribution in [0, 0.1) is 0 Å². The van der Waals surface area contributed by atoms with Crippen molar-refractivity contribution < 1.29 is 22.7 Å². The predicted molar refractivity (Wildman–Crippen MR) is 97.3 cm³/mol. The van der Waals surface area contributed by atoms with Crippen molar-refractivity contribution in [1.82, 2.24) is 0 Å². The fourth-order valence-corrected chi connectivity index (χ4v) is 3.44. The molecule has 0 atom stereocenters. The van der Waals surface area contributed by atoms with Gasteiger partial charge in [0.2, 0.25) is 5.91 Å². The van der Waals surface area contributed by atoms with Gasteiger partial charge in [0.05, 0.1) is 29.9 Å². The highest BCUT2D eigenvalue weighted by atomic mass is 19.4. The van der Waals surface area contributed by atoms with E-state index in [9.17, 15) is 18.0 Å². The first-order valence-corrected chi connectivity index (χ1v) is 8.57. The molecule has 4 nitrogen and oxygen atoms in total. The molecule has 2 N–H and O–H groups in total. The Bertz CT molecular complexity index is 848. The molecule has 144 valence electrons. The number of ether oxygens (including phenoxy) is 1. The van der Waals surface area contributed by atoms with Crippen molar-refractivity contribution in [3.05, 3.63) is 59.2 Å². The average Bonchev–Trinajstić information content (AvgIpc) is 2.78. The molecule has 0 aromatic heterocycles. The molecular weight excluding hydrogens is 357 g/mol. The number of carbonyl (C=O) groups is 1. The lowest BCUT2D eigenvalue weighted by Gasteiger charge is -2.21. The van der Waals surface area contributed by atoms with Crippen LogP contribution in [0.4, 0.5) is 24.5 Å². The van der Waals surface area contributed by atoms with Crippen LogP contribution in [0.5, 0.6) is 0 Å². The molecule has 0 bridgehead atoms. The highest BCUT2D eigenvalue weighted by Crippen LogP contribution is 2.49. The van der Waals surface area contributed by atoms with Gasteiger partial charge >= 0.3 is 6.18 Å². The zero-order valence-corrected chi connectivity index (χ0v) is 15.1. The summed E-state index contributed by atoms with van der Waals surface area (Å²) in [5.41, 5.74) is 4.68. The summed E-state index contributed by atoms with van der Waals surface area (Å²) in [4.78, 5) is 14.1. The molecule has 0 fully saturated rings. The summed E-state index contributed by atoms with van der Waals surface area (Å²) >= 11 is 0. The zero-order valence-electron chi connectivity index (χ0n) is 15.1. The molecule has 7 heteroatoms. The van der Waals surface area contributed by atoms with Gasteiger partial charge in [-0.25, -0.2) is 0 Å². The average molecular weight is 378 g/mol. The topological polar surface area (TPSA) is 55.6 Å². The number of nitrogens with zero attached hydrogens (tertiary/aromatic N) is 1. The van der Waals surface area contributed by atoms with Gasteiger partial charge in [0.25, 0.3) is 0 Å². The van der Waals surface area contributed by atoms with E-state index in [-0.39, 0.29) is 30.1 Å². The largest absolute Gasteiger partial charge is 0.416 e. The smallest absolute Gasteiger partial charge is 0.399 e. The maximum atomic E-state index is 13.5. The number of anilines is 2. The Morgan fingerprint density at radius 3 is 2.44 bits per heavy atom. The minimum Gasteiger partial charge on any atom is -0.399 e. The quantitative estimate of drug-likeness (QED) is 0.629. The number of hydrogen-bond acceptors (Lipinski definition) is 3. The molecule has 1 amide bonds. The van der Waals surface area contributed by atoms with Crippen LogP contribution in [0.2, 0.25) is 0 Å². The lowest BCUT2D eigenvalue weighted by molar-refractivity contribution is -0.138. The molecule has 1 aliphatic rings. The van der Waals surface area contributed by atoms with Crippen molar-refractivity contribution in [1.29, 1.82) is 0 Å². The van der Waals surface area contributed by atoms with Crippen LogP contribution in [0.1, 0.15) is 30.5 Å². The van der Waals surface area contributed by atoms with E-state index in [0.29, 0.717) is 6.61 Å². The number of fused-ring (bicyclic) bond motifs is 1. The van der Waals surface area contributed by atoms with Gasteiger partial charge in [-0.2, -0.15) is 13.2 Å². The van der Waals surface area contributed by atoms with Crippen molar-refractivity contribution >= 4 is 17.3 Å². The van der Waals surface area contributed by atoms with E-state index in [1.54, 1.807) is 0 Å². The SMILES string of the molecule is CC1(C)C(=O)N(CCOCc2ccccc2)c2cc(N)cc(C(F)(F)F)c21. The molecule has 0 saturated carbocycles. The fraction of sp³-hybridized carbons (Fsp3) is 0.350. The highest BCUT2D eigenvalue weighted by molar-refractivity contribution is 6.08. The van der Waals surface area contributed by atoms with Gasteiger partial charge in [0.15, 0.2) is 0 Å². The van der Waals surface area contributed by atoms with Crippen molar-refractivity contribution in [2.45, 2.75) is 32.0 Å². The lowest BCUT2D eigenvalue weighted by atomic mass is 9.82. The van der Waals surface area contributed by atoms with Crippen LogP contribution >= 0.6 is 0 Å². The number of alkyl halides is 3. The Hall–Kier alpha value is -2.54. The van der Waals surface area contributed by atoms with Crippen LogP contribution in [-0.4, -0.2) is 19.1 Å². The summed E-state index contributed by atoms with van der Waals surface area (Å²) in [6.45, 7) is 3.73. The van der Waals surface area contributed by atoms with E-state index < -0.39 is 23.1 Å². The highest BCUT2D eigenvalue weighted by Gasteiger charge is 2.49. The number of halogens is 3. The van der Waals surface area contributed by atoms with Crippen LogP contribution in [0.3, 0.4) is 0 Å². The zero-order chi connectivity index (χ0) is 19.8. The van der Waals surface area contributed by atoms with Crippen LogP contribution in [0.15, 0.2) is 42.5 Å². The number of rotatable bonds is 5. The summed E-state index contributed by atoms with van der Waals surface area (Å²) in [6, 6.07) is 11.8. The van der Waals surface area contributed by atoms with Gasteiger partial charge in [-0.05, 0) is 31.5 Å². The molecule has 0 unspecified atom stereocenters. The second kappa shape index (κ2) is 6.88. The number of carbonyl (C=O) groups excluding carboxylic acids is 1. The molecule has 2 aromatic carbocycles. The number of nitrogens with two attached hydrogens (primary N) is 1. The maximum absolute atomic E-state index is 13.5. The van der Waals surface area contributed by atoms with E-state index in [0.717, 1.165) is 11.6 Å². The minimum absolute atomic E-state index is 0.0261. The standard InChI is InChI=1S/C20H21F3N2O2/c1-19(2)17-15(20(21,22)23)10-14(24)11-16(17)25(18(19)26)8-9-27-12-13-6-4-3-5-7-13/h3-7,10-11H,8-9,12,24H2,1-2H3. The van der Waals surface area contributed by atoms with E-state index >= 15 is 0 Å². The van der Waals surface area contributed by atoms with Crippen molar-refractivity contribution in [2.24, 2.45) is 0 Å². The Labute approximate surface area is 155 Å². The van der Waals surface area contributed by atoms with Crippen LogP contribution in [0.25, 0.3) is 0 Å². The first kappa shape index (κ1) is 19.2. The Morgan fingerprint density at radius 2 is 1.81 bits per heavy atom. The minimum atomic E-state index is -4.59. The van der Waals surface area contributed by atoms with Crippen LogP contribution in [-0.2, 0) is 27.7 Å². The second-order valence-electron chi connectivity index (χ2n) is 7.08. The molecule has 0 spiro atoms. The van der Waals surface area contributed by atoms with Crippen LogP contribution < -0.4 is 10.6 Å². The van der Waals surface area contributed by atoms with Gasteiger partial charge in [0, 0.05) is 17.8 Å².